The molecule has 1 N–H and O–H groups in total. The molecule has 2 nitrogen and oxygen atoms in total. The van der Waals surface area contributed by atoms with Crippen LogP contribution in [0.4, 0.5) is 8.78 Å². The minimum absolute atomic E-state index is 0. The molecule has 0 amide bonds. The number of rotatable bonds is 3. The lowest BCUT2D eigenvalue weighted by Crippen LogP contribution is -2.20. The lowest BCUT2D eigenvalue weighted by atomic mass is 10.1. The Bertz CT molecular complexity index is 108. The van der Waals surface area contributed by atoms with Crippen LogP contribution in [0.3, 0.4) is 0 Å². The van der Waals surface area contributed by atoms with Crippen molar-refractivity contribution in [2.75, 3.05) is 0 Å². The molecule has 0 saturated carbocycles. The highest BCUT2D eigenvalue weighted by Gasteiger charge is 2.25. The molecule has 0 radical (unpaired) electrons. The second-order valence-corrected chi connectivity index (χ2v) is 1.69. The first-order valence-electron chi connectivity index (χ1n) is 2.60. The van der Waals surface area contributed by atoms with E-state index in [9.17, 15) is 13.6 Å². The summed E-state index contributed by atoms with van der Waals surface area (Å²) in [6.45, 7) is 1.42. The predicted molar refractivity (Wildman–Crippen MR) is 34.7 cm³/mol. The van der Waals surface area contributed by atoms with Gasteiger partial charge in [-0.25, -0.2) is 8.78 Å². The molecule has 0 spiro atoms. The number of aliphatic carboxylic acids is 1. The lowest BCUT2D eigenvalue weighted by Gasteiger charge is -2.05. The van der Waals surface area contributed by atoms with Crippen molar-refractivity contribution >= 4 is 18.4 Å². The first kappa shape index (κ1) is 12.3. The van der Waals surface area contributed by atoms with Crippen molar-refractivity contribution in [1.82, 2.24) is 0 Å². The molecule has 10 heavy (non-hydrogen) atoms. The van der Waals surface area contributed by atoms with E-state index >= 15 is 0 Å². The average molecular weight is 175 g/mol. The predicted octanol–water partition coefficient (Wildman–Crippen LogP) is 1.78. The van der Waals surface area contributed by atoms with E-state index in [0.29, 0.717) is 0 Å². The van der Waals surface area contributed by atoms with E-state index in [1.807, 2.05) is 0 Å². The highest BCUT2D eigenvalue weighted by atomic mass is 35.5. The molecular formula is C5H9ClF2O2. The summed E-state index contributed by atoms with van der Waals surface area (Å²) in [4.78, 5) is 9.89. The fourth-order valence-electron chi connectivity index (χ4n) is 0.461. The maximum atomic E-state index is 11.6. The smallest absolute Gasteiger partial charge is 0.312 e. The molecule has 0 aliphatic heterocycles. The summed E-state index contributed by atoms with van der Waals surface area (Å²) in [6.07, 6.45) is -2.76. The summed E-state index contributed by atoms with van der Waals surface area (Å²) in [5, 5.41) is 8.06. The van der Waals surface area contributed by atoms with Crippen molar-refractivity contribution in [1.29, 1.82) is 0 Å². The minimum atomic E-state index is -2.74. The first-order valence-corrected chi connectivity index (χ1v) is 2.60. The van der Waals surface area contributed by atoms with Gasteiger partial charge in [0.2, 0.25) is 0 Å². The summed E-state index contributed by atoms with van der Waals surface area (Å²) in [5.74, 6) is -2.92. The summed E-state index contributed by atoms with van der Waals surface area (Å²) in [5.41, 5.74) is 0. The molecule has 1 atom stereocenters. The van der Waals surface area contributed by atoms with Gasteiger partial charge in [0.1, 0.15) is 5.92 Å². The van der Waals surface area contributed by atoms with Crippen LogP contribution in [0.15, 0.2) is 0 Å². The molecule has 0 saturated heterocycles. The zero-order valence-electron chi connectivity index (χ0n) is 5.38. The molecule has 0 aliphatic carbocycles. The topological polar surface area (TPSA) is 37.3 Å². The molecule has 0 bridgehead atoms. The fourth-order valence-corrected chi connectivity index (χ4v) is 0.461. The van der Waals surface area contributed by atoms with Gasteiger partial charge in [-0.2, -0.15) is 0 Å². The van der Waals surface area contributed by atoms with Crippen molar-refractivity contribution in [2.45, 2.75) is 19.8 Å². The average Bonchev–Trinajstić information content (AvgIpc) is 1.64. The number of hydrogen-bond donors (Lipinski definition) is 1. The molecule has 0 aromatic heterocycles. The van der Waals surface area contributed by atoms with E-state index in [0.717, 1.165) is 0 Å². The van der Waals surface area contributed by atoms with Crippen LogP contribution in [-0.4, -0.2) is 17.5 Å². The summed E-state index contributed by atoms with van der Waals surface area (Å²) >= 11 is 0. The van der Waals surface area contributed by atoms with Gasteiger partial charge >= 0.3 is 5.97 Å². The van der Waals surface area contributed by atoms with E-state index in [4.69, 9.17) is 5.11 Å². The van der Waals surface area contributed by atoms with E-state index in [1.54, 1.807) is 0 Å². The van der Waals surface area contributed by atoms with Crippen LogP contribution in [0.25, 0.3) is 0 Å². The first-order chi connectivity index (χ1) is 4.09. The highest BCUT2D eigenvalue weighted by molar-refractivity contribution is 5.85. The maximum Gasteiger partial charge on any atom is 0.312 e. The van der Waals surface area contributed by atoms with Crippen molar-refractivity contribution < 1.29 is 18.7 Å². The quantitative estimate of drug-likeness (QED) is 0.708. The van der Waals surface area contributed by atoms with Crippen molar-refractivity contribution in [3.8, 4) is 0 Å². The Morgan fingerprint density at radius 2 is 2.00 bits per heavy atom. The highest BCUT2D eigenvalue weighted by Crippen LogP contribution is 2.12. The Kier molecular flexibility index (Phi) is 6.66. The minimum Gasteiger partial charge on any atom is -0.481 e. The van der Waals surface area contributed by atoms with Crippen LogP contribution in [0.2, 0.25) is 0 Å². The van der Waals surface area contributed by atoms with Crippen LogP contribution in [0.1, 0.15) is 13.3 Å². The molecule has 62 valence electrons. The summed E-state index contributed by atoms with van der Waals surface area (Å²) < 4.78 is 23.1. The molecule has 0 aliphatic rings. The molecular weight excluding hydrogens is 166 g/mol. The number of carbonyl (C=O) groups is 1. The third-order valence-electron chi connectivity index (χ3n) is 1.06. The molecule has 5 heteroatoms. The largest absolute Gasteiger partial charge is 0.481 e. The van der Waals surface area contributed by atoms with Gasteiger partial charge in [0, 0.05) is 0 Å². The molecule has 1 unspecified atom stereocenters. The molecule has 0 aromatic carbocycles. The normalized spacial score (nSPS) is 12.4. The zero-order valence-corrected chi connectivity index (χ0v) is 6.20. The Labute approximate surface area is 63.6 Å². The van der Waals surface area contributed by atoms with E-state index in [-0.39, 0.29) is 18.8 Å². The van der Waals surface area contributed by atoms with Crippen LogP contribution >= 0.6 is 12.4 Å². The molecule has 0 fully saturated rings. The SMILES string of the molecule is CCC(C(=O)O)C(F)F.Cl. The number of carboxylic acid groups (broad SMARTS) is 1. The number of alkyl halides is 2. The van der Waals surface area contributed by atoms with Gasteiger partial charge in [-0.05, 0) is 6.42 Å². The molecule has 0 heterocycles. The van der Waals surface area contributed by atoms with Gasteiger partial charge < -0.3 is 5.11 Å². The van der Waals surface area contributed by atoms with E-state index < -0.39 is 18.3 Å². The molecule has 0 aromatic rings. The van der Waals surface area contributed by atoms with Crippen LogP contribution in [0, 0.1) is 5.92 Å². The summed E-state index contributed by atoms with van der Waals surface area (Å²) in [7, 11) is 0. The van der Waals surface area contributed by atoms with Gasteiger partial charge in [0.05, 0.1) is 0 Å². The van der Waals surface area contributed by atoms with Crippen LogP contribution < -0.4 is 0 Å². The Morgan fingerprint density at radius 1 is 1.60 bits per heavy atom. The number of halogens is 3. The van der Waals surface area contributed by atoms with Gasteiger partial charge in [0.25, 0.3) is 6.43 Å². The van der Waals surface area contributed by atoms with Crippen LogP contribution in [-0.2, 0) is 4.79 Å². The van der Waals surface area contributed by atoms with Gasteiger partial charge in [-0.1, -0.05) is 6.92 Å². The third-order valence-corrected chi connectivity index (χ3v) is 1.06. The Morgan fingerprint density at radius 3 is 2.00 bits per heavy atom. The Hall–Kier alpha value is -0.380. The van der Waals surface area contributed by atoms with Gasteiger partial charge in [-0.3, -0.25) is 4.79 Å². The fraction of sp³-hybridized carbons (Fsp3) is 0.800. The molecule has 0 rings (SSSR count). The number of carboxylic acids is 1. The second-order valence-electron chi connectivity index (χ2n) is 1.69. The number of hydrogen-bond acceptors (Lipinski definition) is 1. The Balaban J connectivity index is 0. The van der Waals surface area contributed by atoms with Crippen molar-refractivity contribution in [3.63, 3.8) is 0 Å². The summed E-state index contributed by atoms with van der Waals surface area (Å²) in [6, 6.07) is 0. The second kappa shape index (κ2) is 5.41. The monoisotopic (exact) mass is 174 g/mol. The standard InChI is InChI=1S/C5H8F2O2.ClH/c1-2-3(4(6)7)5(8)9;/h3-4H,2H2,1H3,(H,8,9);1H. The van der Waals surface area contributed by atoms with Gasteiger partial charge in [0.15, 0.2) is 0 Å². The zero-order chi connectivity index (χ0) is 7.44. The lowest BCUT2D eigenvalue weighted by molar-refractivity contribution is -0.147. The van der Waals surface area contributed by atoms with Gasteiger partial charge in [-0.15, -0.1) is 12.4 Å². The van der Waals surface area contributed by atoms with E-state index in [2.05, 4.69) is 0 Å². The maximum absolute atomic E-state index is 11.6. The van der Waals surface area contributed by atoms with Crippen LogP contribution in [0.5, 0.6) is 0 Å². The van der Waals surface area contributed by atoms with Crippen molar-refractivity contribution in [2.24, 2.45) is 5.92 Å². The van der Waals surface area contributed by atoms with Crippen molar-refractivity contribution in [3.05, 3.63) is 0 Å². The third kappa shape index (κ3) is 3.61. The van der Waals surface area contributed by atoms with E-state index in [1.165, 1.54) is 6.92 Å².